The van der Waals surface area contributed by atoms with Crippen molar-refractivity contribution in [2.45, 2.75) is 6.42 Å². The molecule has 1 saturated heterocycles. The zero-order chi connectivity index (χ0) is 22.2. The molecular weight excluding hydrogens is 432 g/mol. The van der Waals surface area contributed by atoms with Gasteiger partial charge in [-0.05, 0) is 6.42 Å². The van der Waals surface area contributed by atoms with Crippen LogP contribution in [-0.2, 0) is 7.05 Å². The van der Waals surface area contributed by atoms with Gasteiger partial charge in [-0.2, -0.15) is 5.10 Å². The summed E-state index contributed by atoms with van der Waals surface area (Å²) >= 11 is 6.37. The molecule has 4 heterocycles. The summed E-state index contributed by atoms with van der Waals surface area (Å²) in [6, 6.07) is 11.4. The summed E-state index contributed by atoms with van der Waals surface area (Å²) in [6.45, 7) is 1.37. The van der Waals surface area contributed by atoms with E-state index in [1.54, 1.807) is 28.6 Å². The SMILES string of the molecule is Cn1ncc(C(=O)N2CCC2)c1OC(=O)Nc1cc2nc(-c3ccccc3)cn2cc1Cl. The van der Waals surface area contributed by atoms with Gasteiger partial charge < -0.3 is 14.0 Å². The van der Waals surface area contributed by atoms with Gasteiger partial charge in [0.05, 0.1) is 22.6 Å². The van der Waals surface area contributed by atoms with Crippen LogP contribution in [0.15, 0.2) is 55.0 Å². The maximum Gasteiger partial charge on any atom is 0.418 e. The fourth-order valence-electron chi connectivity index (χ4n) is 3.46. The minimum absolute atomic E-state index is 0.0729. The fraction of sp³-hybridized carbons (Fsp3) is 0.182. The zero-order valence-electron chi connectivity index (χ0n) is 17.2. The van der Waals surface area contributed by atoms with E-state index >= 15 is 0 Å². The van der Waals surface area contributed by atoms with Gasteiger partial charge in [-0.3, -0.25) is 10.1 Å². The average Bonchev–Trinajstić information content (AvgIpc) is 3.31. The Balaban J connectivity index is 1.37. The van der Waals surface area contributed by atoms with Crippen LogP contribution in [0.3, 0.4) is 0 Å². The van der Waals surface area contributed by atoms with E-state index in [1.807, 2.05) is 36.5 Å². The molecule has 0 atom stereocenters. The lowest BCUT2D eigenvalue weighted by Gasteiger charge is -2.30. The molecule has 2 amide bonds. The number of carbonyl (C=O) groups is 2. The van der Waals surface area contributed by atoms with Crippen LogP contribution in [0.25, 0.3) is 16.9 Å². The quantitative estimate of drug-likeness (QED) is 0.509. The van der Waals surface area contributed by atoms with E-state index in [2.05, 4.69) is 15.4 Å². The Morgan fingerprint density at radius 3 is 2.66 bits per heavy atom. The van der Waals surface area contributed by atoms with Crippen molar-refractivity contribution in [3.63, 3.8) is 0 Å². The Morgan fingerprint density at radius 1 is 1.16 bits per heavy atom. The number of nitrogens with one attached hydrogen (secondary N) is 1. The van der Waals surface area contributed by atoms with Crippen molar-refractivity contribution < 1.29 is 14.3 Å². The number of nitrogens with zero attached hydrogens (tertiary/aromatic N) is 5. The molecule has 0 unspecified atom stereocenters. The van der Waals surface area contributed by atoms with E-state index in [0.29, 0.717) is 29.4 Å². The second kappa shape index (κ2) is 8.01. The molecular formula is C22H19ClN6O3. The number of carbonyl (C=O) groups excluding carboxylic acids is 2. The van der Waals surface area contributed by atoms with Gasteiger partial charge in [0.15, 0.2) is 0 Å². The summed E-state index contributed by atoms with van der Waals surface area (Å²) in [4.78, 5) is 31.4. The lowest BCUT2D eigenvalue weighted by atomic mass is 10.2. The molecule has 1 aliphatic rings. The third-order valence-electron chi connectivity index (χ3n) is 5.30. The second-order valence-electron chi connectivity index (χ2n) is 7.44. The molecule has 1 aromatic carbocycles. The maximum absolute atomic E-state index is 12.6. The van der Waals surface area contributed by atoms with E-state index in [-0.39, 0.29) is 17.4 Å². The molecule has 10 heteroatoms. The molecule has 5 rings (SSSR count). The number of ether oxygens (including phenoxy) is 1. The number of hydrogen-bond donors (Lipinski definition) is 1. The normalized spacial score (nSPS) is 13.1. The number of hydrogen-bond acceptors (Lipinski definition) is 5. The monoisotopic (exact) mass is 450 g/mol. The predicted molar refractivity (Wildman–Crippen MR) is 119 cm³/mol. The lowest BCUT2D eigenvalue weighted by molar-refractivity contribution is 0.0649. The number of pyridine rings is 1. The molecule has 9 nitrogen and oxygen atoms in total. The van der Waals surface area contributed by atoms with Gasteiger partial charge in [0.2, 0.25) is 5.88 Å². The van der Waals surface area contributed by atoms with Crippen LogP contribution in [-0.4, -0.2) is 49.2 Å². The first-order valence-corrected chi connectivity index (χ1v) is 10.4. The molecule has 1 aliphatic heterocycles. The van der Waals surface area contributed by atoms with Gasteiger partial charge in [-0.25, -0.2) is 14.5 Å². The van der Waals surface area contributed by atoms with Crippen molar-refractivity contribution >= 4 is 34.9 Å². The largest absolute Gasteiger partial charge is 0.418 e. The zero-order valence-corrected chi connectivity index (χ0v) is 17.9. The molecule has 0 radical (unpaired) electrons. The van der Waals surface area contributed by atoms with Gasteiger partial charge in [-0.1, -0.05) is 41.9 Å². The van der Waals surface area contributed by atoms with E-state index in [0.717, 1.165) is 17.7 Å². The third kappa shape index (κ3) is 3.67. The summed E-state index contributed by atoms with van der Waals surface area (Å²) in [5.41, 5.74) is 2.94. The van der Waals surface area contributed by atoms with E-state index < -0.39 is 6.09 Å². The lowest BCUT2D eigenvalue weighted by Crippen LogP contribution is -2.42. The first-order valence-electron chi connectivity index (χ1n) is 10.0. The molecule has 4 aromatic rings. The van der Waals surface area contributed by atoms with E-state index in [1.165, 1.54) is 10.9 Å². The first-order chi connectivity index (χ1) is 15.5. The third-order valence-corrected chi connectivity index (χ3v) is 5.60. The fourth-order valence-corrected chi connectivity index (χ4v) is 3.67. The molecule has 0 spiro atoms. The van der Waals surface area contributed by atoms with Crippen LogP contribution in [0.2, 0.25) is 5.02 Å². The van der Waals surface area contributed by atoms with Gasteiger partial charge in [-0.15, -0.1) is 0 Å². The number of imidazole rings is 1. The minimum atomic E-state index is -0.785. The van der Waals surface area contributed by atoms with Crippen molar-refractivity contribution in [2.24, 2.45) is 7.05 Å². The first kappa shape index (κ1) is 20.1. The van der Waals surface area contributed by atoms with Gasteiger partial charge >= 0.3 is 6.09 Å². The second-order valence-corrected chi connectivity index (χ2v) is 7.85. The van der Waals surface area contributed by atoms with Crippen LogP contribution >= 0.6 is 11.6 Å². The number of rotatable bonds is 4. The number of fused-ring (bicyclic) bond motifs is 1. The van der Waals surface area contributed by atoms with E-state index in [9.17, 15) is 9.59 Å². The van der Waals surface area contributed by atoms with Crippen LogP contribution in [0.1, 0.15) is 16.8 Å². The molecule has 3 aromatic heterocycles. The van der Waals surface area contributed by atoms with Gasteiger partial charge in [0, 0.05) is 44.2 Å². The van der Waals surface area contributed by atoms with E-state index in [4.69, 9.17) is 16.3 Å². The van der Waals surface area contributed by atoms with Gasteiger partial charge in [0.25, 0.3) is 5.91 Å². The molecule has 0 aliphatic carbocycles. The number of anilines is 1. The van der Waals surface area contributed by atoms with Crippen LogP contribution in [0.5, 0.6) is 5.88 Å². The molecule has 1 fully saturated rings. The average molecular weight is 451 g/mol. The summed E-state index contributed by atoms with van der Waals surface area (Å²) in [5, 5.41) is 6.99. The molecule has 162 valence electrons. The number of likely N-dealkylation sites (tertiary alicyclic amines) is 1. The molecule has 32 heavy (non-hydrogen) atoms. The highest BCUT2D eigenvalue weighted by molar-refractivity contribution is 6.33. The Hall–Kier alpha value is -3.85. The summed E-state index contributed by atoms with van der Waals surface area (Å²) in [7, 11) is 1.60. The number of aromatic nitrogens is 4. The maximum atomic E-state index is 12.6. The van der Waals surface area contributed by atoms with Crippen LogP contribution < -0.4 is 10.1 Å². The van der Waals surface area contributed by atoms with Crippen molar-refractivity contribution in [1.29, 1.82) is 0 Å². The standard InChI is InChI=1S/C22H19ClN6O3/c1-27-21(15(11-24-27)20(30)28-8-5-9-28)32-22(31)26-17-10-19-25-18(13-29(19)12-16(17)23)14-6-3-2-4-7-14/h2-4,6-7,10-13H,5,8-9H2,1H3,(H,26,31). The van der Waals surface area contributed by atoms with Crippen molar-refractivity contribution in [1.82, 2.24) is 24.1 Å². The highest BCUT2D eigenvalue weighted by atomic mass is 35.5. The Kier molecular flexibility index (Phi) is 5.02. The molecule has 0 bridgehead atoms. The molecule has 0 saturated carbocycles. The number of amides is 2. The smallest absolute Gasteiger partial charge is 0.390 e. The number of benzene rings is 1. The summed E-state index contributed by atoms with van der Waals surface area (Å²) < 4.78 is 8.55. The van der Waals surface area contributed by atoms with Crippen molar-refractivity contribution in [2.75, 3.05) is 18.4 Å². The van der Waals surface area contributed by atoms with Crippen molar-refractivity contribution in [3.05, 3.63) is 65.6 Å². The highest BCUT2D eigenvalue weighted by Gasteiger charge is 2.28. The topological polar surface area (TPSA) is 93.8 Å². The minimum Gasteiger partial charge on any atom is -0.390 e. The van der Waals surface area contributed by atoms with Crippen LogP contribution in [0.4, 0.5) is 10.5 Å². The summed E-state index contributed by atoms with van der Waals surface area (Å²) in [5.74, 6) is -0.138. The number of aryl methyl sites for hydroxylation is 1. The van der Waals surface area contributed by atoms with Gasteiger partial charge in [0.1, 0.15) is 11.2 Å². The highest BCUT2D eigenvalue weighted by Crippen LogP contribution is 2.27. The number of halogens is 1. The van der Waals surface area contributed by atoms with Crippen molar-refractivity contribution in [3.8, 4) is 17.1 Å². The molecule has 1 N–H and O–H groups in total. The Labute approximate surface area is 188 Å². The van der Waals surface area contributed by atoms with Crippen LogP contribution in [0, 0.1) is 0 Å². The Bertz CT molecular complexity index is 1330. The predicted octanol–water partition coefficient (Wildman–Crippen LogP) is 3.85. The summed E-state index contributed by atoms with van der Waals surface area (Å²) in [6.07, 6.45) is 5.10. The Morgan fingerprint density at radius 2 is 1.94 bits per heavy atom.